The number of rotatable bonds is 4. The Morgan fingerprint density at radius 3 is 3.00 bits per heavy atom. The van der Waals surface area contributed by atoms with Crippen molar-refractivity contribution in [3.63, 3.8) is 0 Å². The van der Waals surface area contributed by atoms with Gasteiger partial charge in [0.1, 0.15) is 0 Å². The number of hydrogen-bond acceptors (Lipinski definition) is 5. The zero-order chi connectivity index (χ0) is 9.68. The van der Waals surface area contributed by atoms with E-state index < -0.39 is 0 Å². The van der Waals surface area contributed by atoms with Crippen LogP contribution in [0.15, 0.2) is 4.34 Å². The normalized spacial score (nSPS) is 10.0. The molecule has 0 N–H and O–H groups in total. The molecule has 13 heavy (non-hydrogen) atoms. The Kier molecular flexibility index (Phi) is 4.06. The monoisotopic (exact) mass is 214 g/mol. The van der Waals surface area contributed by atoms with Gasteiger partial charge >= 0.3 is 0 Å². The fourth-order valence-corrected chi connectivity index (χ4v) is 2.09. The highest BCUT2D eigenvalue weighted by atomic mass is 32.2. The molecule has 70 valence electrons. The molecule has 0 spiro atoms. The Labute approximate surface area is 85.9 Å². The maximum Gasteiger partial charge on any atom is 0.295 e. The first kappa shape index (κ1) is 10.4. The predicted octanol–water partition coefficient (Wildman–Crippen LogP) is 2.05. The van der Waals surface area contributed by atoms with Crippen LogP contribution < -0.4 is 4.74 Å². The molecule has 0 amide bonds. The lowest BCUT2D eigenvalue weighted by Crippen LogP contribution is -2.04. The fourth-order valence-electron chi connectivity index (χ4n) is 0.608. The molecule has 1 aromatic heterocycles. The summed E-state index contributed by atoms with van der Waals surface area (Å²) in [5, 5.41) is 8.39. The summed E-state index contributed by atoms with van der Waals surface area (Å²) in [6.45, 7) is 3.91. The smallest absolute Gasteiger partial charge is 0.295 e. The van der Waals surface area contributed by atoms with E-state index in [0.29, 0.717) is 10.9 Å². The van der Waals surface area contributed by atoms with Crippen molar-refractivity contribution in [2.75, 3.05) is 5.75 Å². The lowest BCUT2D eigenvalue weighted by atomic mass is 10.5. The molecule has 0 bridgehead atoms. The maximum atomic E-state index is 5.35. The lowest BCUT2D eigenvalue weighted by molar-refractivity contribution is 0.239. The first-order chi connectivity index (χ1) is 6.22. The molecular weight excluding hydrogens is 204 g/mol. The van der Waals surface area contributed by atoms with Crippen LogP contribution in [-0.4, -0.2) is 22.1 Å². The molecule has 1 heterocycles. The van der Waals surface area contributed by atoms with Crippen LogP contribution in [-0.2, 0) is 0 Å². The molecule has 0 aliphatic carbocycles. The van der Waals surface area contributed by atoms with Gasteiger partial charge in [-0.15, -0.1) is 11.5 Å². The van der Waals surface area contributed by atoms with Crippen molar-refractivity contribution in [1.29, 1.82) is 0 Å². The molecule has 5 heteroatoms. The summed E-state index contributed by atoms with van der Waals surface area (Å²) in [4.78, 5) is 0. The van der Waals surface area contributed by atoms with Crippen LogP contribution in [0.25, 0.3) is 0 Å². The third-order valence-electron chi connectivity index (χ3n) is 1.00. The summed E-state index contributed by atoms with van der Waals surface area (Å²) < 4.78 is 6.21. The fraction of sp³-hybridized carbons (Fsp3) is 0.500. The molecule has 0 saturated heterocycles. The topological polar surface area (TPSA) is 35.0 Å². The zero-order valence-corrected chi connectivity index (χ0v) is 9.11. The second-order valence-corrected chi connectivity index (χ2v) is 4.66. The molecule has 0 fully saturated rings. The highest BCUT2D eigenvalue weighted by Crippen LogP contribution is 2.26. The van der Waals surface area contributed by atoms with E-state index in [1.54, 1.807) is 0 Å². The highest BCUT2D eigenvalue weighted by Gasteiger charge is 2.06. The molecule has 1 rings (SSSR count). The van der Waals surface area contributed by atoms with E-state index in [1.165, 1.54) is 23.1 Å². The number of terminal acetylenes is 1. The van der Waals surface area contributed by atoms with E-state index in [1.807, 2.05) is 13.8 Å². The van der Waals surface area contributed by atoms with Gasteiger partial charge in [0.05, 0.1) is 11.9 Å². The Balaban J connectivity index is 2.49. The summed E-state index contributed by atoms with van der Waals surface area (Å²) in [6.07, 6.45) is 5.26. The van der Waals surface area contributed by atoms with E-state index in [0.717, 1.165) is 4.34 Å². The van der Waals surface area contributed by atoms with Gasteiger partial charge in [-0.05, 0) is 25.2 Å². The molecule has 0 aliphatic rings. The van der Waals surface area contributed by atoms with Gasteiger partial charge in [-0.25, -0.2) is 0 Å². The average Bonchev–Trinajstić information content (AvgIpc) is 2.48. The second kappa shape index (κ2) is 5.10. The third-order valence-corrected chi connectivity index (χ3v) is 2.86. The van der Waals surface area contributed by atoms with Crippen LogP contribution >= 0.6 is 23.1 Å². The molecule has 0 atom stereocenters. The van der Waals surface area contributed by atoms with Crippen molar-refractivity contribution in [3.8, 4) is 17.5 Å². The number of aromatic nitrogens is 2. The standard InChI is InChI=1S/C8H10N2OS2/c1-4-5-12-8-10-9-7(13-8)11-6(2)3/h1,6H,5H2,2-3H3. The summed E-state index contributed by atoms with van der Waals surface area (Å²) in [7, 11) is 0. The molecule has 0 saturated carbocycles. The second-order valence-electron chi connectivity index (χ2n) is 2.49. The molecule has 0 unspecified atom stereocenters. The molecular formula is C8H10N2OS2. The summed E-state index contributed by atoms with van der Waals surface area (Å²) >= 11 is 2.92. The van der Waals surface area contributed by atoms with Gasteiger partial charge in [-0.1, -0.05) is 22.8 Å². The Morgan fingerprint density at radius 2 is 2.38 bits per heavy atom. The van der Waals surface area contributed by atoms with Crippen LogP contribution in [0.1, 0.15) is 13.8 Å². The minimum Gasteiger partial charge on any atom is -0.466 e. The van der Waals surface area contributed by atoms with E-state index in [9.17, 15) is 0 Å². The van der Waals surface area contributed by atoms with Gasteiger partial charge in [0.15, 0.2) is 4.34 Å². The van der Waals surface area contributed by atoms with E-state index >= 15 is 0 Å². The SMILES string of the molecule is C#CCSc1nnc(OC(C)C)s1. The van der Waals surface area contributed by atoms with Crippen molar-refractivity contribution in [1.82, 2.24) is 10.2 Å². The van der Waals surface area contributed by atoms with Gasteiger partial charge < -0.3 is 4.74 Å². The molecule has 0 radical (unpaired) electrons. The number of ether oxygens (including phenoxy) is 1. The van der Waals surface area contributed by atoms with Crippen LogP contribution in [0.3, 0.4) is 0 Å². The molecule has 0 aromatic carbocycles. The van der Waals surface area contributed by atoms with Crippen LogP contribution in [0.4, 0.5) is 0 Å². The Hall–Kier alpha value is -0.730. The van der Waals surface area contributed by atoms with Crippen LogP contribution in [0.2, 0.25) is 0 Å². The summed E-state index contributed by atoms with van der Waals surface area (Å²) in [5.74, 6) is 3.15. The lowest BCUT2D eigenvalue weighted by Gasteiger charge is -2.02. The minimum atomic E-state index is 0.137. The van der Waals surface area contributed by atoms with Crippen molar-refractivity contribution in [3.05, 3.63) is 0 Å². The highest BCUT2D eigenvalue weighted by molar-refractivity contribution is 8.01. The van der Waals surface area contributed by atoms with E-state index in [4.69, 9.17) is 11.2 Å². The van der Waals surface area contributed by atoms with E-state index in [2.05, 4.69) is 16.1 Å². The zero-order valence-electron chi connectivity index (χ0n) is 7.48. The van der Waals surface area contributed by atoms with Crippen molar-refractivity contribution >= 4 is 23.1 Å². The van der Waals surface area contributed by atoms with Crippen LogP contribution in [0.5, 0.6) is 5.19 Å². The predicted molar refractivity (Wildman–Crippen MR) is 55.2 cm³/mol. The molecule has 1 aromatic rings. The average molecular weight is 214 g/mol. The number of nitrogens with zero attached hydrogens (tertiary/aromatic N) is 2. The largest absolute Gasteiger partial charge is 0.466 e. The van der Waals surface area contributed by atoms with Crippen molar-refractivity contribution in [2.24, 2.45) is 0 Å². The Morgan fingerprint density at radius 1 is 1.62 bits per heavy atom. The molecule has 0 aliphatic heterocycles. The third kappa shape index (κ3) is 3.66. The summed E-state index contributed by atoms with van der Waals surface area (Å²) in [6, 6.07) is 0. The quantitative estimate of drug-likeness (QED) is 0.567. The Bertz CT molecular complexity index is 303. The van der Waals surface area contributed by atoms with Gasteiger partial charge in [0.25, 0.3) is 5.19 Å². The summed E-state index contributed by atoms with van der Waals surface area (Å²) in [5.41, 5.74) is 0. The first-order valence-electron chi connectivity index (χ1n) is 3.79. The van der Waals surface area contributed by atoms with Gasteiger partial charge in [-0.2, -0.15) is 0 Å². The van der Waals surface area contributed by atoms with Crippen molar-refractivity contribution in [2.45, 2.75) is 24.3 Å². The minimum absolute atomic E-state index is 0.137. The maximum absolute atomic E-state index is 5.35. The van der Waals surface area contributed by atoms with Gasteiger partial charge in [-0.3, -0.25) is 0 Å². The van der Waals surface area contributed by atoms with Crippen LogP contribution in [0, 0.1) is 12.3 Å². The number of thioether (sulfide) groups is 1. The first-order valence-corrected chi connectivity index (χ1v) is 5.59. The molecule has 3 nitrogen and oxygen atoms in total. The van der Waals surface area contributed by atoms with Gasteiger partial charge in [0.2, 0.25) is 0 Å². The van der Waals surface area contributed by atoms with Crippen molar-refractivity contribution < 1.29 is 4.74 Å². The number of hydrogen-bond donors (Lipinski definition) is 0. The van der Waals surface area contributed by atoms with Gasteiger partial charge in [0, 0.05) is 0 Å². The van der Waals surface area contributed by atoms with E-state index in [-0.39, 0.29) is 6.10 Å².